The number of imidazole rings is 1. The molecule has 1 heterocycles. The Bertz CT molecular complexity index is 1100. The van der Waals surface area contributed by atoms with E-state index in [9.17, 15) is 0 Å². The van der Waals surface area contributed by atoms with Gasteiger partial charge in [-0.2, -0.15) is 0 Å². The fourth-order valence-electron chi connectivity index (χ4n) is 3.71. The first-order valence-electron chi connectivity index (χ1n) is 10.6. The lowest BCUT2D eigenvalue weighted by Gasteiger charge is -2.11. The maximum Gasteiger partial charge on any atom is 0.141 e. The third kappa shape index (κ3) is 4.71. The van der Waals surface area contributed by atoms with Crippen LogP contribution in [-0.2, 0) is 13.0 Å². The molecule has 4 aromatic rings. The van der Waals surface area contributed by atoms with Crippen molar-refractivity contribution in [2.75, 3.05) is 12.9 Å². The molecule has 3 nitrogen and oxygen atoms in total. The first-order chi connectivity index (χ1) is 14.8. The molecule has 4 rings (SSSR count). The maximum absolute atomic E-state index is 5.45. The normalized spacial score (nSPS) is 11.1. The van der Waals surface area contributed by atoms with Gasteiger partial charge < -0.3 is 9.30 Å². The molecule has 0 N–H and O–H groups in total. The van der Waals surface area contributed by atoms with Crippen molar-refractivity contribution in [3.05, 3.63) is 78.4 Å². The highest BCUT2D eigenvalue weighted by atomic mass is 32.2. The van der Waals surface area contributed by atoms with Gasteiger partial charge in [0, 0.05) is 17.0 Å². The first-order valence-corrected chi connectivity index (χ1v) is 11.6. The number of hydrogen-bond acceptors (Lipinski definition) is 3. The smallest absolute Gasteiger partial charge is 0.141 e. The second kappa shape index (κ2) is 9.86. The standard InChI is InChI=1S/C26H28N2OS/c1-3-17-30-23-14-15-24-25(19-23)28(16-8-11-20-9-5-4-6-10-20)26(27-24)21-12-7-13-22(18-21)29-2/h4-7,9-10,12-15,18-19H,3,8,11,16-17H2,1-2H3. The van der Waals surface area contributed by atoms with Gasteiger partial charge in [-0.15, -0.1) is 11.8 Å². The van der Waals surface area contributed by atoms with Crippen molar-refractivity contribution in [1.29, 1.82) is 0 Å². The predicted molar refractivity (Wildman–Crippen MR) is 127 cm³/mol. The quantitative estimate of drug-likeness (QED) is 0.279. The highest BCUT2D eigenvalue weighted by Crippen LogP contribution is 2.30. The zero-order valence-corrected chi connectivity index (χ0v) is 18.5. The van der Waals surface area contributed by atoms with E-state index in [1.807, 2.05) is 23.9 Å². The molecule has 0 saturated carbocycles. The maximum atomic E-state index is 5.45. The van der Waals surface area contributed by atoms with E-state index < -0.39 is 0 Å². The van der Waals surface area contributed by atoms with Crippen LogP contribution in [0.25, 0.3) is 22.4 Å². The summed E-state index contributed by atoms with van der Waals surface area (Å²) in [6.45, 7) is 3.15. The van der Waals surface area contributed by atoms with E-state index in [-0.39, 0.29) is 0 Å². The van der Waals surface area contributed by atoms with Crippen LogP contribution in [0.1, 0.15) is 25.3 Å². The Hall–Kier alpha value is -2.72. The Balaban J connectivity index is 1.70. The van der Waals surface area contributed by atoms with Gasteiger partial charge in [-0.3, -0.25) is 0 Å². The van der Waals surface area contributed by atoms with Crippen molar-refractivity contribution in [2.24, 2.45) is 0 Å². The predicted octanol–water partition coefficient (Wildman–Crippen LogP) is 6.85. The molecule has 0 aliphatic rings. The van der Waals surface area contributed by atoms with E-state index in [1.165, 1.54) is 22.4 Å². The highest BCUT2D eigenvalue weighted by Gasteiger charge is 2.14. The fraction of sp³-hybridized carbons (Fsp3) is 0.269. The lowest BCUT2D eigenvalue weighted by atomic mass is 10.1. The summed E-state index contributed by atoms with van der Waals surface area (Å²) in [5, 5.41) is 0. The number of benzene rings is 3. The third-order valence-corrected chi connectivity index (χ3v) is 6.41. The Morgan fingerprint density at radius 1 is 0.967 bits per heavy atom. The minimum absolute atomic E-state index is 0.856. The van der Waals surface area contributed by atoms with E-state index >= 15 is 0 Å². The van der Waals surface area contributed by atoms with E-state index in [4.69, 9.17) is 9.72 Å². The summed E-state index contributed by atoms with van der Waals surface area (Å²) < 4.78 is 7.83. The average Bonchev–Trinajstić information content (AvgIpc) is 3.16. The van der Waals surface area contributed by atoms with Crippen molar-refractivity contribution in [3.8, 4) is 17.1 Å². The van der Waals surface area contributed by atoms with Gasteiger partial charge in [-0.25, -0.2) is 4.98 Å². The second-order valence-electron chi connectivity index (χ2n) is 7.41. The summed E-state index contributed by atoms with van der Waals surface area (Å²) in [5.74, 6) is 3.00. The number of aromatic nitrogens is 2. The Labute approximate surface area is 183 Å². The van der Waals surface area contributed by atoms with Crippen LogP contribution in [0.15, 0.2) is 77.7 Å². The van der Waals surface area contributed by atoms with Gasteiger partial charge in [0.15, 0.2) is 0 Å². The SMILES string of the molecule is CCCSc1ccc2nc(-c3cccc(OC)c3)n(CCCc3ccccc3)c2c1. The summed E-state index contributed by atoms with van der Waals surface area (Å²) >= 11 is 1.91. The van der Waals surface area contributed by atoms with Gasteiger partial charge in [0.1, 0.15) is 11.6 Å². The summed E-state index contributed by atoms with van der Waals surface area (Å²) in [6.07, 6.45) is 3.30. The van der Waals surface area contributed by atoms with E-state index in [2.05, 4.69) is 72.2 Å². The summed E-state index contributed by atoms with van der Waals surface area (Å²) in [7, 11) is 1.71. The summed E-state index contributed by atoms with van der Waals surface area (Å²) in [4.78, 5) is 6.31. The summed E-state index contributed by atoms with van der Waals surface area (Å²) in [6, 6.07) is 25.5. The monoisotopic (exact) mass is 416 g/mol. The van der Waals surface area contributed by atoms with E-state index in [0.29, 0.717) is 0 Å². The van der Waals surface area contributed by atoms with Gasteiger partial charge >= 0.3 is 0 Å². The fourth-order valence-corrected chi connectivity index (χ4v) is 4.51. The van der Waals surface area contributed by atoms with Crippen LogP contribution in [0.3, 0.4) is 0 Å². The van der Waals surface area contributed by atoms with Crippen molar-refractivity contribution in [3.63, 3.8) is 0 Å². The molecule has 0 bridgehead atoms. The topological polar surface area (TPSA) is 27.1 Å². The number of rotatable bonds is 9. The lowest BCUT2D eigenvalue weighted by molar-refractivity contribution is 0.415. The molecule has 0 unspecified atom stereocenters. The summed E-state index contributed by atoms with van der Waals surface area (Å²) in [5.41, 5.74) is 4.73. The Kier molecular flexibility index (Phi) is 6.75. The van der Waals surface area contributed by atoms with Crippen molar-refractivity contribution >= 4 is 22.8 Å². The molecule has 0 saturated heterocycles. The lowest BCUT2D eigenvalue weighted by Crippen LogP contribution is -2.02. The molecule has 0 amide bonds. The van der Waals surface area contributed by atoms with Crippen molar-refractivity contribution < 1.29 is 4.74 Å². The minimum atomic E-state index is 0.856. The van der Waals surface area contributed by atoms with E-state index in [0.717, 1.165) is 47.8 Å². The molecule has 30 heavy (non-hydrogen) atoms. The largest absolute Gasteiger partial charge is 0.497 e. The zero-order chi connectivity index (χ0) is 20.8. The number of fused-ring (bicyclic) bond motifs is 1. The Morgan fingerprint density at radius 2 is 1.83 bits per heavy atom. The number of ether oxygens (including phenoxy) is 1. The van der Waals surface area contributed by atoms with Crippen LogP contribution < -0.4 is 4.74 Å². The van der Waals surface area contributed by atoms with Gasteiger partial charge in [0.05, 0.1) is 18.1 Å². The van der Waals surface area contributed by atoms with Crippen LogP contribution in [-0.4, -0.2) is 22.4 Å². The first kappa shape index (κ1) is 20.5. The van der Waals surface area contributed by atoms with Crippen LogP contribution in [0.4, 0.5) is 0 Å². The molecule has 0 spiro atoms. The van der Waals surface area contributed by atoms with Crippen LogP contribution in [0.2, 0.25) is 0 Å². The molecule has 3 aromatic carbocycles. The van der Waals surface area contributed by atoms with Crippen LogP contribution in [0.5, 0.6) is 5.75 Å². The third-order valence-electron chi connectivity index (χ3n) is 5.21. The number of methoxy groups -OCH3 is 1. The molecule has 0 aliphatic heterocycles. The number of nitrogens with zero attached hydrogens (tertiary/aromatic N) is 2. The van der Waals surface area contributed by atoms with Crippen LogP contribution in [0, 0.1) is 0 Å². The molecular weight excluding hydrogens is 388 g/mol. The molecule has 1 aromatic heterocycles. The Morgan fingerprint density at radius 3 is 2.63 bits per heavy atom. The minimum Gasteiger partial charge on any atom is -0.497 e. The molecule has 0 aliphatic carbocycles. The number of aryl methyl sites for hydroxylation is 2. The van der Waals surface area contributed by atoms with Gasteiger partial charge in [0.25, 0.3) is 0 Å². The van der Waals surface area contributed by atoms with E-state index in [1.54, 1.807) is 7.11 Å². The zero-order valence-electron chi connectivity index (χ0n) is 17.7. The highest BCUT2D eigenvalue weighted by molar-refractivity contribution is 7.99. The van der Waals surface area contributed by atoms with Gasteiger partial charge in [0.2, 0.25) is 0 Å². The molecule has 154 valence electrons. The molecule has 4 heteroatoms. The van der Waals surface area contributed by atoms with Gasteiger partial charge in [-0.05, 0) is 60.9 Å². The van der Waals surface area contributed by atoms with Crippen molar-refractivity contribution in [1.82, 2.24) is 9.55 Å². The average molecular weight is 417 g/mol. The van der Waals surface area contributed by atoms with Crippen molar-refractivity contribution in [2.45, 2.75) is 37.6 Å². The molecule has 0 radical (unpaired) electrons. The van der Waals surface area contributed by atoms with Gasteiger partial charge in [-0.1, -0.05) is 49.4 Å². The molecule has 0 atom stereocenters. The van der Waals surface area contributed by atoms with Crippen LogP contribution >= 0.6 is 11.8 Å². The number of hydrogen-bond donors (Lipinski definition) is 0. The molecule has 0 fully saturated rings. The second-order valence-corrected chi connectivity index (χ2v) is 8.58. The molecular formula is C26H28N2OS. The number of thioether (sulfide) groups is 1.